The summed E-state index contributed by atoms with van der Waals surface area (Å²) in [6.07, 6.45) is 2.27. The summed E-state index contributed by atoms with van der Waals surface area (Å²) in [6, 6.07) is 13.6. The van der Waals surface area contributed by atoms with Crippen molar-refractivity contribution in [3.63, 3.8) is 0 Å². The number of benzene rings is 2. The summed E-state index contributed by atoms with van der Waals surface area (Å²) in [7, 11) is -3.55. The standard InChI is InChI=1S/C20H23FN2O3S/c1-15-13-17-5-3-4-6-19(17)23(15)20(24)14-22(27(2,25)26)12-11-16-7-9-18(21)10-8-16/h3-10,15H,11-14H2,1-2H3. The van der Waals surface area contributed by atoms with Crippen molar-refractivity contribution in [2.45, 2.75) is 25.8 Å². The molecular weight excluding hydrogens is 367 g/mol. The summed E-state index contributed by atoms with van der Waals surface area (Å²) in [5.74, 6) is -0.576. The van der Waals surface area contributed by atoms with Crippen molar-refractivity contribution in [1.29, 1.82) is 0 Å². The van der Waals surface area contributed by atoms with E-state index in [1.54, 1.807) is 17.0 Å². The van der Waals surface area contributed by atoms with Gasteiger partial charge in [0.05, 0.1) is 12.8 Å². The number of halogens is 1. The zero-order valence-electron chi connectivity index (χ0n) is 15.4. The van der Waals surface area contributed by atoms with E-state index in [0.29, 0.717) is 6.42 Å². The van der Waals surface area contributed by atoms with Crippen LogP contribution in [0.4, 0.5) is 10.1 Å². The number of hydrogen-bond acceptors (Lipinski definition) is 3. The molecule has 1 heterocycles. The van der Waals surface area contributed by atoms with Gasteiger partial charge in [0, 0.05) is 18.3 Å². The highest BCUT2D eigenvalue weighted by atomic mass is 32.2. The third-order valence-corrected chi connectivity index (χ3v) is 6.07. The van der Waals surface area contributed by atoms with Gasteiger partial charge in [-0.3, -0.25) is 4.79 Å². The SMILES string of the molecule is CC1Cc2ccccc2N1C(=O)CN(CCc1ccc(F)cc1)S(C)(=O)=O. The molecule has 5 nitrogen and oxygen atoms in total. The summed E-state index contributed by atoms with van der Waals surface area (Å²) in [5.41, 5.74) is 2.76. The number of amides is 1. The lowest BCUT2D eigenvalue weighted by Gasteiger charge is -2.26. The molecule has 0 bridgehead atoms. The third-order valence-electron chi connectivity index (χ3n) is 4.82. The van der Waals surface area contributed by atoms with Crippen molar-refractivity contribution >= 4 is 21.6 Å². The van der Waals surface area contributed by atoms with E-state index in [4.69, 9.17) is 0 Å². The van der Waals surface area contributed by atoms with Crippen LogP contribution in [-0.4, -0.2) is 44.0 Å². The van der Waals surface area contributed by atoms with Crippen LogP contribution in [0.3, 0.4) is 0 Å². The fraction of sp³-hybridized carbons (Fsp3) is 0.350. The summed E-state index contributed by atoms with van der Waals surface area (Å²) in [5, 5.41) is 0. The lowest BCUT2D eigenvalue weighted by Crippen LogP contribution is -2.45. The Morgan fingerprint density at radius 3 is 2.52 bits per heavy atom. The smallest absolute Gasteiger partial charge is 0.242 e. The first-order valence-corrected chi connectivity index (χ1v) is 10.7. The molecule has 0 saturated carbocycles. The minimum Gasteiger partial charge on any atom is -0.308 e. The van der Waals surface area contributed by atoms with Gasteiger partial charge in [0.25, 0.3) is 0 Å². The van der Waals surface area contributed by atoms with E-state index in [1.807, 2.05) is 31.2 Å². The minimum atomic E-state index is -3.55. The molecule has 0 fully saturated rings. The molecule has 2 aromatic carbocycles. The monoisotopic (exact) mass is 390 g/mol. The van der Waals surface area contributed by atoms with Crippen LogP contribution in [0.1, 0.15) is 18.1 Å². The highest BCUT2D eigenvalue weighted by Crippen LogP contribution is 2.31. The van der Waals surface area contributed by atoms with E-state index in [0.717, 1.165) is 29.5 Å². The molecule has 0 spiro atoms. The average molecular weight is 390 g/mol. The number of carbonyl (C=O) groups is 1. The Labute approximate surface area is 159 Å². The van der Waals surface area contributed by atoms with Crippen LogP contribution in [0.15, 0.2) is 48.5 Å². The largest absolute Gasteiger partial charge is 0.308 e. The maximum absolute atomic E-state index is 13.0. The molecule has 0 aliphatic carbocycles. The summed E-state index contributed by atoms with van der Waals surface area (Å²) in [6.45, 7) is 1.92. The summed E-state index contributed by atoms with van der Waals surface area (Å²) < 4.78 is 38.6. The van der Waals surface area contributed by atoms with Gasteiger partial charge >= 0.3 is 0 Å². The molecule has 0 N–H and O–H groups in total. The Morgan fingerprint density at radius 2 is 1.85 bits per heavy atom. The zero-order chi connectivity index (χ0) is 19.6. The van der Waals surface area contributed by atoms with E-state index < -0.39 is 10.0 Å². The molecule has 1 aliphatic rings. The third kappa shape index (κ3) is 4.54. The van der Waals surface area contributed by atoms with E-state index in [-0.39, 0.29) is 30.9 Å². The van der Waals surface area contributed by atoms with Crippen molar-refractivity contribution in [2.24, 2.45) is 0 Å². The van der Waals surface area contributed by atoms with Gasteiger partial charge in [0.15, 0.2) is 0 Å². The first-order valence-electron chi connectivity index (χ1n) is 8.85. The second-order valence-electron chi connectivity index (χ2n) is 6.92. The molecule has 3 rings (SSSR count). The predicted molar refractivity (Wildman–Crippen MR) is 104 cm³/mol. The molecular formula is C20H23FN2O3S. The fourth-order valence-electron chi connectivity index (χ4n) is 3.44. The van der Waals surface area contributed by atoms with Gasteiger partial charge in [-0.25, -0.2) is 12.8 Å². The van der Waals surface area contributed by atoms with Crippen LogP contribution in [0.25, 0.3) is 0 Å². The van der Waals surface area contributed by atoms with Gasteiger partial charge in [0.2, 0.25) is 15.9 Å². The van der Waals surface area contributed by atoms with Crippen LogP contribution in [0.2, 0.25) is 0 Å². The van der Waals surface area contributed by atoms with Crippen LogP contribution in [0.5, 0.6) is 0 Å². The van der Waals surface area contributed by atoms with E-state index in [9.17, 15) is 17.6 Å². The molecule has 27 heavy (non-hydrogen) atoms. The van der Waals surface area contributed by atoms with Gasteiger partial charge < -0.3 is 4.90 Å². The van der Waals surface area contributed by atoms with Gasteiger partial charge in [-0.1, -0.05) is 30.3 Å². The molecule has 2 aromatic rings. The Morgan fingerprint density at radius 1 is 1.19 bits per heavy atom. The molecule has 1 atom stereocenters. The van der Waals surface area contributed by atoms with Gasteiger partial charge in [0.1, 0.15) is 5.82 Å². The summed E-state index contributed by atoms with van der Waals surface area (Å²) in [4.78, 5) is 14.6. The van der Waals surface area contributed by atoms with Crippen molar-refractivity contribution in [2.75, 3.05) is 24.2 Å². The van der Waals surface area contributed by atoms with E-state index in [2.05, 4.69) is 0 Å². The molecule has 0 aromatic heterocycles. The van der Waals surface area contributed by atoms with Crippen molar-refractivity contribution in [1.82, 2.24) is 4.31 Å². The molecule has 144 valence electrons. The first kappa shape index (κ1) is 19.5. The van der Waals surface area contributed by atoms with Crippen LogP contribution >= 0.6 is 0 Å². The lowest BCUT2D eigenvalue weighted by atomic mass is 10.1. The quantitative estimate of drug-likeness (QED) is 0.762. The number of hydrogen-bond donors (Lipinski definition) is 0. The number of fused-ring (bicyclic) bond motifs is 1. The van der Waals surface area contributed by atoms with Crippen molar-refractivity contribution in [3.05, 3.63) is 65.5 Å². The Kier molecular flexibility index (Phi) is 5.62. The normalized spacial score (nSPS) is 16.6. The van der Waals surface area contributed by atoms with Crippen molar-refractivity contribution < 1.29 is 17.6 Å². The highest BCUT2D eigenvalue weighted by Gasteiger charge is 2.32. The van der Waals surface area contributed by atoms with Gasteiger partial charge in [-0.15, -0.1) is 0 Å². The topological polar surface area (TPSA) is 57.7 Å². The number of sulfonamides is 1. The van der Waals surface area contributed by atoms with Gasteiger partial charge in [-0.2, -0.15) is 4.31 Å². The Hall–Kier alpha value is -2.25. The number of para-hydroxylation sites is 1. The van der Waals surface area contributed by atoms with Crippen LogP contribution in [0, 0.1) is 5.82 Å². The zero-order valence-corrected chi connectivity index (χ0v) is 16.2. The van der Waals surface area contributed by atoms with E-state index in [1.165, 1.54) is 16.4 Å². The lowest BCUT2D eigenvalue weighted by molar-refractivity contribution is -0.119. The van der Waals surface area contributed by atoms with Crippen molar-refractivity contribution in [3.8, 4) is 0 Å². The molecule has 0 saturated heterocycles. The maximum atomic E-state index is 13.0. The Balaban J connectivity index is 1.73. The molecule has 1 amide bonds. The second kappa shape index (κ2) is 7.78. The summed E-state index contributed by atoms with van der Waals surface area (Å²) >= 11 is 0. The number of anilines is 1. The van der Waals surface area contributed by atoms with Crippen LogP contribution in [-0.2, 0) is 27.7 Å². The average Bonchev–Trinajstić information content (AvgIpc) is 2.94. The van der Waals surface area contributed by atoms with Gasteiger partial charge in [-0.05, 0) is 49.1 Å². The minimum absolute atomic E-state index is 0.00610. The first-order chi connectivity index (χ1) is 12.8. The fourth-order valence-corrected chi connectivity index (χ4v) is 4.21. The second-order valence-corrected chi connectivity index (χ2v) is 8.90. The number of nitrogens with zero attached hydrogens (tertiary/aromatic N) is 2. The molecule has 1 unspecified atom stereocenters. The number of rotatable bonds is 6. The maximum Gasteiger partial charge on any atom is 0.242 e. The molecule has 1 aliphatic heterocycles. The number of carbonyl (C=O) groups excluding carboxylic acids is 1. The van der Waals surface area contributed by atoms with E-state index >= 15 is 0 Å². The molecule has 7 heteroatoms. The highest BCUT2D eigenvalue weighted by molar-refractivity contribution is 7.88. The Bertz CT molecular complexity index is 928. The predicted octanol–water partition coefficient (Wildman–Crippen LogP) is 2.61. The molecule has 0 radical (unpaired) electrons. The van der Waals surface area contributed by atoms with Crippen LogP contribution < -0.4 is 4.90 Å².